The fraction of sp³-hybridized carbons (Fsp3) is 0.118. The molecule has 0 saturated heterocycles. The maximum atomic E-state index is 11.7. The molecular weight excluding hydrogens is 362 g/mol. The minimum absolute atomic E-state index is 0.183. The maximum absolute atomic E-state index is 11.7. The molecule has 23 heavy (non-hydrogen) atoms. The molecule has 2 aromatic carbocycles. The molecule has 0 fully saturated rings. The number of hydrogen-bond donors (Lipinski definition) is 2. The zero-order valence-electron chi connectivity index (χ0n) is 12.3. The van der Waals surface area contributed by atoms with Crippen molar-refractivity contribution in [1.29, 1.82) is 0 Å². The first-order valence-electron chi connectivity index (χ1n) is 6.83. The number of carbonyl (C=O) groups is 1. The first-order chi connectivity index (χ1) is 11.1. The standard InChI is InChI=1S/C17H16BrNO4/c1-2-9-22-16-8-7-14(10-15(16)17(20)19-21)23-11-12-3-5-13(18)6-4-12/h2-8,10,21H,1,9,11H2,(H,19,20). The third-order valence-electron chi connectivity index (χ3n) is 2.97. The number of halogens is 1. The molecule has 6 heteroatoms. The van der Waals surface area contributed by atoms with Crippen LogP contribution in [-0.2, 0) is 6.61 Å². The summed E-state index contributed by atoms with van der Waals surface area (Å²) in [7, 11) is 0. The Bertz CT molecular complexity index is 685. The van der Waals surface area contributed by atoms with Gasteiger partial charge in [-0.25, -0.2) is 5.48 Å². The number of hydroxylamine groups is 1. The van der Waals surface area contributed by atoms with Crippen molar-refractivity contribution in [1.82, 2.24) is 5.48 Å². The van der Waals surface area contributed by atoms with Crippen molar-refractivity contribution in [3.63, 3.8) is 0 Å². The highest BCUT2D eigenvalue weighted by Crippen LogP contribution is 2.25. The van der Waals surface area contributed by atoms with Crippen LogP contribution in [-0.4, -0.2) is 17.7 Å². The lowest BCUT2D eigenvalue weighted by atomic mass is 10.1. The third-order valence-corrected chi connectivity index (χ3v) is 3.50. The minimum atomic E-state index is -0.668. The zero-order chi connectivity index (χ0) is 16.7. The number of benzene rings is 2. The van der Waals surface area contributed by atoms with Gasteiger partial charge in [0.25, 0.3) is 5.91 Å². The summed E-state index contributed by atoms with van der Waals surface area (Å²) in [6, 6.07) is 12.6. The van der Waals surface area contributed by atoms with E-state index in [1.807, 2.05) is 24.3 Å². The summed E-state index contributed by atoms with van der Waals surface area (Å²) in [5.41, 5.74) is 2.78. The number of ether oxygens (including phenoxy) is 2. The van der Waals surface area contributed by atoms with E-state index in [9.17, 15) is 4.79 Å². The normalized spacial score (nSPS) is 10.0. The molecule has 0 saturated carbocycles. The van der Waals surface area contributed by atoms with Crippen LogP contribution in [0.2, 0.25) is 0 Å². The summed E-state index contributed by atoms with van der Waals surface area (Å²) in [5, 5.41) is 8.84. The predicted molar refractivity (Wildman–Crippen MR) is 89.9 cm³/mol. The number of rotatable bonds is 7. The van der Waals surface area contributed by atoms with Crippen molar-refractivity contribution in [2.75, 3.05) is 6.61 Å². The van der Waals surface area contributed by atoms with E-state index in [2.05, 4.69) is 22.5 Å². The molecule has 120 valence electrons. The highest BCUT2D eigenvalue weighted by molar-refractivity contribution is 9.10. The number of amides is 1. The Kier molecular flexibility index (Phi) is 6.19. The molecule has 0 aliphatic rings. The predicted octanol–water partition coefficient (Wildman–Crippen LogP) is 3.71. The van der Waals surface area contributed by atoms with Crippen LogP contribution in [0.25, 0.3) is 0 Å². The van der Waals surface area contributed by atoms with Crippen LogP contribution in [0.3, 0.4) is 0 Å². The van der Waals surface area contributed by atoms with E-state index < -0.39 is 5.91 Å². The van der Waals surface area contributed by atoms with Crippen LogP contribution in [0, 0.1) is 0 Å². The molecule has 0 atom stereocenters. The lowest BCUT2D eigenvalue weighted by Crippen LogP contribution is -2.19. The van der Waals surface area contributed by atoms with E-state index >= 15 is 0 Å². The monoisotopic (exact) mass is 377 g/mol. The molecule has 2 N–H and O–H groups in total. The largest absolute Gasteiger partial charge is 0.489 e. The second-order valence-electron chi connectivity index (χ2n) is 4.61. The van der Waals surface area contributed by atoms with E-state index in [4.69, 9.17) is 14.7 Å². The van der Waals surface area contributed by atoms with E-state index in [0.717, 1.165) is 10.0 Å². The van der Waals surface area contributed by atoms with E-state index in [1.165, 1.54) is 6.07 Å². The van der Waals surface area contributed by atoms with Crippen LogP contribution in [0.4, 0.5) is 0 Å². The summed E-state index contributed by atoms with van der Waals surface area (Å²) in [4.78, 5) is 11.7. The van der Waals surface area contributed by atoms with Gasteiger partial charge in [-0.05, 0) is 35.9 Å². The summed E-state index contributed by atoms with van der Waals surface area (Å²) >= 11 is 3.37. The van der Waals surface area contributed by atoms with Crippen molar-refractivity contribution >= 4 is 21.8 Å². The second kappa shape index (κ2) is 8.36. The lowest BCUT2D eigenvalue weighted by Gasteiger charge is -2.12. The van der Waals surface area contributed by atoms with Gasteiger partial charge in [-0.1, -0.05) is 40.7 Å². The van der Waals surface area contributed by atoms with Gasteiger partial charge in [0.2, 0.25) is 0 Å². The lowest BCUT2D eigenvalue weighted by molar-refractivity contribution is 0.0702. The second-order valence-corrected chi connectivity index (χ2v) is 5.53. The van der Waals surface area contributed by atoms with Gasteiger partial charge in [0.05, 0.1) is 5.56 Å². The number of hydrogen-bond acceptors (Lipinski definition) is 4. The first kappa shape index (κ1) is 17.1. The van der Waals surface area contributed by atoms with Gasteiger partial charge in [0.1, 0.15) is 24.7 Å². The van der Waals surface area contributed by atoms with Crippen LogP contribution in [0.1, 0.15) is 15.9 Å². The minimum Gasteiger partial charge on any atom is -0.489 e. The highest BCUT2D eigenvalue weighted by atomic mass is 79.9. The van der Waals surface area contributed by atoms with E-state index in [0.29, 0.717) is 18.1 Å². The van der Waals surface area contributed by atoms with Gasteiger partial charge >= 0.3 is 0 Å². The average Bonchev–Trinajstić information content (AvgIpc) is 2.59. The topological polar surface area (TPSA) is 67.8 Å². The molecular formula is C17H16BrNO4. The Morgan fingerprint density at radius 1 is 1.22 bits per heavy atom. The third kappa shape index (κ3) is 4.84. The molecule has 2 rings (SSSR count). The SMILES string of the molecule is C=CCOc1ccc(OCc2ccc(Br)cc2)cc1C(=O)NO. The number of carbonyl (C=O) groups excluding carboxylic acids is 1. The Hall–Kier alpha value is -2.31. The molecule has 0 aliphatic carbocycles. The molecule has 0 aromatic heterocycles. The fourth-order valence-corrected chi connectivity index (χ4v) is 2.12. The van der Waals surface area contributed by atoms with Gasteiger partial charge in [-0.2, -0.15) is 0 Å². The average molecular weight is 378 g/mol. The highest BCUT2D eigenvalue weighted by Gasteiger charge is 2.13. The van der Waals surface area contributed by atoms with Crippen molar-refractivity contribution < 1.29 is 19.5 Å². The molecule has 1 amide bonds. The van der Waals surface area contributed by atoms with Crippen LogP contribution in [0.15, 0.2) is 59.6 Å². The number of nitrogens with one attached hydrogen (secondary N) is 1. The quantitative estimate of drug-likeness (QED) is 0.438. The molecule has 0 aliphatic heterocycles. The van der Waals surface area contributed by atoms with Gasteiger partial charge in [0, 0.05) is 4.47 Å². The Morgan fingerprint density at radius 2 is 1.96 bits per heavy atom. The van der Waals surface area contributed by atoms with Crippen LogP contribution < -0.4 is 15.0 Å². The Labute approximate surface area is 142 Å². The molecule has 0 unspecified atom stereocenters. The van der Waals surface area contributed by atoms with Gasteiger partial charge in [-0.15, -0.1) is 0 Å². The van der Waals surface area contributed by atoms with Gasteiger partial charge in [-0.3, -0.25) is 10.0 Å². The van der Waals surface area contributed by atoms with Crippen molar-refractivity contribution in [3.8, 4) is 11.5 Å². The summed E-state index contributed by atoms with van der Waals surface area (Å²) < 4.78 is 12.1. The zero-order valence-corrected chi connectivity index (χ0v) is 13.9. The summed E-state index contributed by atoms with van der Waals surface area (Å²) in [6.07, 6.45) is 1.57. The molecule has 2 aromatic rings. The molecule has 0 bridgehead atoms. The van der Waals surface area contributed by atoms with Crippen molar-refractivity contribution in [3.05, 3.63) is 70.7 Å². The molecule has 0 radical (unpaired) electrons. The van der Waals surface area contributed by atoms with Gasteiger partial charge < -0.3 is 9.47 Å². The van der Waals surface area contributed by atoms with E-state index in [1.54, 1.807) is 23.7 Å². The van der Waals surface area contributed by atoms with Crippen LogP contribution in [0.5, 0.6) is 11.5 Å². The summed E-state index contributed by atoms with van der Waals surface area (Å²) in [5.74, 6) is 0.170. The first-order valence-corrected chi connectivity index (χ1v) is 7.62. The molecule has 5 nitrogen and oxygen atoms in total. The van der Waals surface area contributed by atoms with Crippen LogP contribution >= 0.6 is 15.9 Å². The van der Waals surface area contributed by atoms with Gasteiger partial charge in [0.15, 0.2) is 0 Å². The fourth-order valence-electron chi connectivity index (χ4n) is 1.86. The smallest absolute Gasteiger partial charge is 0.278 e. The van der Waals surface area contributed by atoms with Crippen molar-refractivity contribution in [2.24, 2.45) is 0 Å². The summed E-state index contributed by atoms with van der Waals surface area (Å²) in [6.45, 7) is 4.17. The Balaban J connectivity index is 2.14. The van der Waals surface area contributed by atoms with Crippen molar-refractivity contribution in [2.45, 2.75) is 6.61 Å². The molecule has 0 spiro atoms. The Morgan fingerprint density at radius 3 is 2.61 bits per heavy atom. The molecule has 0 heterocycles. The van der Waals surface area contributed by atoms with E-state index in [-0.39, 0.29) is 12.2 Å². The maximum Gasteiger partial charge on any atom is 0.278 e.